The Morgan fingerprint density at radius 1 is 1.31 bits per heavy atom. The van der Waals surface area contributed by atoms with Crippen LogP contribution in [0, 0.1) is 29.1 Å². The summed E-state index contributed by atoms with van der Waals surface area (Å²) < 4.78 is 11.2. The molecule has 0 bridgehead atoms. The van der Waals surface area contributed by atoms with Gasteiger partial charge in [0.25, 0.3) is 0 Å². The topological polar surface area (TPSA) is 34.1 Å². The van der Waals surface area contributed by atoms with Crippen LogP contribution in [0.25, 0.3) is 0 Å². The summed E-state index contributed by atoms with van der Waals surface area (Å²) in [5.74, 6) is 3.63. The molecule has 0 amide bonds. The first-order chi connectivity index (χ1) is 7.53. The Morgan fingerprint density at radius 2 is 2.06 bits per heavy atom. The number of Topliss-reactive ketones (excluding diaryl/α,β-unsaturated/α-hetero) is 1. The van der Waals surface area contributed by atoms with Crippen molar-refractivity contribution in [1.82, 2.24) is 0 Å². The largest absolute Gasteiger partial charge is 0.298 e. The van der Waals surface area contributed by atoms with Crippen LogP contribution in [0.2, 0.25) is 0 Å². The van der Waals surface area contributed by atoms with Gasteiger partial charge in [-0.3, -0.25) is 9.00 Å². The van der Waals surface area contributed by atoms with E-state index in [1.54, 1.807) is 6.26 Å². The summed E-state index contributed by atoms with van der Waals surface area (Å²) in [4.78, 5) is 12.3. The number of carbonyl (C=O) groups is 1. The Balaban J connectivity index is 1.81. The quantitative estimate of drug-likeness (QED) is 0.756. The van der Waals surface area contributed by atoms with Gasteiger partial charge in [-0.2, -0.15) is 0 Å². The molecule has 0 aromatic rings. The Bertz CT molecular complexity index is 365. The first kappa shape index (κ1) is 10.9. The molecule has 0 aromatic carbocycles. The number of hydrogen-bond donors (Lipinski definition) is 0. The molecular formula is C13H20O2S. The van der Waals surface area contributed by atoms with Crippen LogP contribution in [0.3, 0.4) is 0 Å². The minimum Gasteiger partial charge on any atom is -0.298 e. The fourth-order valence-electron chi connectivity index (χ4n) is 4.85. The highest BCUT2D eigenvalue weighted by atomic mass is 32.2. The van der Waals surface area contributed by atoms with Gasteiger partial charge in [-0.1, -0.05) is 6.92 Å². The normalized spacial score (nSPS) is 50.9. The maximum absolute atomic E-state index is 12.3. The van der Waals surface area contributed by atoms with Crippen molar-refractivity contribution < 1.29 is 9.00 Å². The molecule has 3 aliphatic rings. The van der Waals surface area contributed by atoms with Gasteiger partial charge in [-0.05, 0) is 49.4 Å². The van der Waals surface area contributed by atoms with E-state index < -0.39 is 10.8 Å². The highest BCUT2D eigenvalue weighted by molar-refractivity contribution is 7.85. The van der Waals surface area contributed by atoms with Crippen molar-refractivity contribution in [2.75, 3.05) is 12.0 Å². The van der Waals surface area contributed by atoms with Gasteiger partial charge in [0, 0.05) is 22.5 Å². The molecule has 0 radical (unpaired) electrons. The van der Waals surface area contributed by atoms with Gasteiger partial charge in [0.05, 0.1) is 5.75 Å². The average molecular weight is 240 g/mol. The van der Waals surface area contributed by atoms with E-state index in [-0.39, 0.29) is 5.41 Å². The minimum atomic E-state index is -0.961. The van der Waals surface area contributed by atoms with Gasteiger partial charge in [0.15, 0.2) is 5.78 Å². The van der Waals surface area contributed by atoms with E-state index in [4.69, 9.17) is 0 Å². The molecule has 0 N–H and O–H groups in total. The number of carbonyl (C=O) groups excluding carboxylic acids is 1. The third-order valence-electron chi connectivity index (χ3n) is 5.19. The van der Waals surface area contributed by atoms with Crippen LogP contribution in [0.15, 0.2) is 0 Å². The predicted molar refractivity (Wildman–Crippen MR) is 64.5 cm³/mol. The SMILES string of the molecule is CC1CC2CC3CC(C(=O)CS(C)=O)(C1)C23. The molecule has 0 spiro atoms. The Kier molecular flexibility index (Phi) is 2.33. The number of rotatable bonds is 3. The molecule has 6 atom stereocenters. The molecule has 3 fully saturated rings. The molecule has 6 unspecified atom stereocenters. The van der Waals surface area contributed by atoms with E-state index in [1.807, 2.05) is 0 Å². The third-order valence-corrected chi connectivity index (χ3v) is 5.86. The zero-order valence-corrected chi connectivity index (χ0v) is 10.9. The summed E-state index contributed by atoms with van der Waals surface area (Å²) in [5.41, 5.74) is -0.0308. The van der Waals surface area contributed by atoms with Gasteiger partial charge >= 0.3 is 0 Å². The maximum Gasteiger partial charge on any atom is 0.151 e. The van der Waals surface area contributed by atoms with Crippen molar-refractivity contribution in [3.63, 3.8) is 0 Å². The van der Waals surface area contributed by atoms with Crippen LogP contribution < -0.4 is 0 Å². The van der Waals surface area contributed by atoms with E-state index in [0.717, 1.165) is 24.7 Å². The highest BCUT2D eigenvalue weighted by Crippen LogP contribution is 2.71. The predicted octanol–water partition coefficient (Wildman–Crippen LogP) is 2.01. The van der Waals surface area contributed by atoms with E-state index in [1.165, 1.54) is 12.8 Å². The van der Waals surface area contributed by atoms with E-state index >= 15 is 0 Å². The lowest BCUT2D eigenvalue weighted by Crippen LogP contribution is -2.66. The molecule has 3 aliphatic carbocycles. The van der Waals surface area contributed by atoms with Gasteiger partial charge < -0.3 is 0 Å². The standard InChI is InChI=1S/C13H20O2S/c1-8-3-9-4-10-6-13(5-8,12(9)10)11(14)7-16(2)15/h8-10,12H,3-7H2,1-2H3. The Labute approximate surface area is 99.6 Å². The van der Waals surface area contributed by atoms with Gasteiger partial charge in [0.1, 0.15) is 0 Å². The van der Waals surface area contributed by atoms with Crippen LogP contribution in [-0.4, -0.2) is 22.0 Å². The van der Waals surface area contributed by atoms with Gasteiger partial charge in [-0.25, -0.2) is 0 Å². The molecule has 3 rings (SSSR count). The lowest BCUT2D eigenvalue weighted by molar-refractivity contribution is -0.205. The third kappa shape index (κ3) is 1.30. The monoisotopic (exact) mass is 240 g/mol. The van der Waals surface area contributed by atoms with Crippen LogP contribution in [0.5, 0.6) is 0 Å². The molecule has 16 heavy (non-hydrogen) atoms. The zero-order valence-electron chi connectivity index (χ0n) is 10.1. The fourth-order valence-corrected chi connectivity index (χ4v) is 5.51. The second-order valence-electron chi connectivity index (χ2n) is 6.33. The summed E-state index contributed by atoms with van der Waals surface area (Å²) in [7, 11) is -0.961. The molecular weight excluding hydrogens is 220 g/mol. The van der Waals surface area contributed by atoms with Crippen molar-refractivity contribution in [3.05, 3.63) is 0 Å². The van der Waals surface area contributed by atoms with E-state index in [0.29, 0.717) is 23.4 Å². The first-order valence-electron chi connectivity index (χ1n) is 6.36. The number of ketones is 1. The van der Waals surface area contributed by atoms with Gasteiger partial charge in [-0.15, -0.1) is 0 Å². The van der Waals surface area contributed by atoms with Crippen molar-refractivity contribution >= 4 is 16.6 Å². The maximum atomic E-state index is 12.3. The summed E-state index contributed by atoms with van der Waals surface area (Å²) in [6.45, 7) is 2.28. The van der Waals surface area contributed by atoms with Crippen molar-refractivity contribution in [3.8, 4) is 0 Å². The van der Waals surface area contributed by atoms with Crippen molar-refractivity contribution in [2.24, 2.45) is 29.1 Å². The van der Waals surface area contributed by atoms with Crippen molar-refractivity contribution in [2.45, 2.75) is 32.6 Å². The summed E-state index contributed by atoms with van der Waals surface area (Å²) >= 11 is 0. The Morgan fingerprint density at radius 3 is 2.69 bits per heavy atom. The van der Waals surface area contributed by atoms with Crippen LogP contribution >= 0.6 is 0 Å². The lowest BCUT2D eigenvalue weighted by Gasteiger charge is -2.69. The smallest absolute Gasteiger partial charge is 0.151 e. The van der Waals surface area contributed by atoms with E-state index in [9.17, 15) is 9.00 Å². The van der Waals surface area contributed by atoms with Crippen molar-refractivity contribution in [1.29, 1.82) is 0 Å². The minimum absolute atomic E-state index is 0.0308. The van der Waals surface area contributed by atoms with Crippen LogP contribution in [-0.2, 0) is 15.6 Å². The summed E-state index contributed by atoms with van der Waals surface area (Å²) in [5, 5.41) is 0. The highest BCUT2D eigenvalue weighted by Gasteiger charge is 2.67. The Hall–Kier alpha value is -0.180. The molecule has 0 aliphatic heterocycles. The first-order valence-corrected chi connectivity index (χ1v) is 8.09. The fraction of sp³-hybridized carbons (Fsp3) is 0.923. The van der Waals surface area contributed by atoms with Crippen LogP contribution in [0.1, 0.15) is 32.6 Å². The molecule has 3 heteroatoms. The molecule has 3 saturated carbocycles. The van der Waals surface area contributed by atoms with E-state index in [2.05, 4.69) is 6.92 Å². The van der Waals surface area contributed by atoms with Crippen LogP contribution in [0.4, 0.5) is 0 Å². The average Bonchev–Trinajstić information content (AvgIpc) is 2.09. The second-order valence-corrected chi connectivity index (χ2v) is 7.76. The van der Waals surface area contributed by atoms with Gasteiger partial charge in [0.2, 0.25) is 0 Å². The number of hydrogen-bond acceptors (Lipinski definition) is 2. The molecule has 90 valence electrons. The molecule has 0 saturated heterocycles. The molecule has 0 aromatic heterocycles. The molecule has 0 heterocycles. The zero-order chi connectivity index (χ0) is 11.5. The summed E-state index contributed by atoms with van der Waals surface area (Å²) in [6.07, 6.45) is 6.51. The lowest BCUT2D eigenvalue weighted by atomic mass is 9.35. The second kappa shape index (κ2) is 3.41. The molecule has 2 nitrogen and oxygen atoms in total. The summed E-state index contributed by atoms with van der Waals surface area (Å²) in [6, 6.07) is 0.